The van der Waals surface area contributed by atoms with E-state index < -0.39 is 0 Å². The summed E-state index contributed by atoms with van der Waals surface area (Å²) in [5.74, 6) is 0.619. The lowest BCUT2D eigenvalue weighted by Gasteiger charge is -2.32. The summed E-state index contributed by atoms with van der Waals surface area (Å²) in [6.07, 6.45) is 7.47. The molecule has 0 aliphatic carbocycles. The molecule has 3 rings (SSSR count). The Kier molecular flexibility index (Phi) is 4.35. The van der Waals surface area contributed by atoms with Gasteiger partial charge in [0.05, 0.1) is 17.8 Å². The van der Waals surface area contributed by atoms with Crippen LogP contribution in [0.1, 0.15) is 37.0 Å². The predicted molar refractivity (Wildman–Crippen MR) is 82.2 cm³/mol. The largest absolute Gasteiger partial charge is 0.371 e. The molecule has 2 aromatic rings. The Morgan fingerprint density at radius 3 is 3.23 bits per heavy atom. The summed E-state index contributed by atoms with van der Waals surface area (Å²) >= 11 is 0. The second-order valence-corrected chi connectivity index (χ2v) is 5.33. The molecule has 0 spiro atoms. The molecule has 22 heavy (non-hydrogen) atoms. The van der Waals surface area contributed by atoms with Gasteiger partial charge in [0.2, 0.25) is 0 Å². The van der Waals surface area contributed by atoms with E-state index >= 15 is 0 Å². The first-order valence-electron chi connectivity index (χ1n) is 7.57. The van der Waals surface area contributed by atoms with E-state index in [0.29, 0.717) is 11.4 Å². The number of hydrogen-bond donors (Lipinski definition) is 1. The van der Waals surface area contributed by atoms with E-state index in [9.17, 15) is 5.26 Å². The standard InChI is InChI=1S/C16H19N5O/c1-2-21-11-13(10-19-21)15-14(6-4-8-22-15)20-16-12(9-17)5-3-7-18-16/h3,5,7,10-11,14-15H,2,4,6,8H2,1H3,(H,18,20)/t14-,15+/m0/s1. The van der Waals surface area contributed by atoms with Gasteiger partial charge in [-0.25, -0.2) is 4.98 Å². The molecule has 0 amide bonds. The molecule has 1 fully saturated rings. The normalized spacial score (nSPS) is 21.3. The van der Waals surface area contributed by atoms with Gasteiger partial charge in [0.15, 0.2) is 0 Å². The monoisotopic (exact) mass is 297 g/mol. The quantitative estimate of drug-likeness (QED) is 0.938. The van der Waals surface area contributed by atoms with Gasteiger partial charge in [-0.05, 0) is 31.9 Å². The molecule has 1 aliphatic heterocycles. The smallest absolute Gasteiger partial charge is 0.144 e. The number of hydrogen-bond acceptors (Lipinski definition) is 5. The van der Waals surface area contributed by atoms with Crippen LogP contribution in [0.15, 0.2) is 30.7 Å². The molecule has 0 saturated carbocycles. The van der Waals surface area contributed by atoms with Crippen LogP contribution >= 0.6 is 0 Å². The molecule has 0 bridgehead atoms. The maximum Gasteiger partial charge on any atom is 0.144 e. The summed E-state index contributed by atoms with van der Waals surface area (Å²) in [5, 5.41) is 16.9. The second kappa shape index (κ2) is 6.58. The van der Waals surface area contributed by atoms with Crippen LogP contribution in [0.3, 0.4) is 0 Å². The van der Waals surface area contributed by atoms with Crippen molar-refractivity contribution in [3.63, 3.8) is 0 Å². The number of nitriles is 1. The lowest BCUT2D eigenvalue weighted by Crippen LogP contribution is -2.34. The molecule has 114 valence electrons. The average molecular weight is 297 g/mol. The van der Waals surface area contributed by atoms with Crippen molar-refractivity contribution in [2.75, 3.05) is 11.9 Å². The zero-order valence-electron chi connectivity index (χ0n) is 12.6. The highest BCUT2D eigenvalue weighted by Crippen LogP contribution is 2.30. The number of aromatic nitrogens is 3. The summed E-state index contributed by atoms with van der Waals surface area (Å²) in [5.41, 5.74) is 1.62. The molecule has 0 unspecified atom stereocenters. The van der Waals surface area contributed by atoms with Crippen molar-refractivity contribution in [3.05, 3.63) is 41.9 Å². The van der Waals surface area contributed by atoms with Crippen LogP contribution in [0.5, 0.6) is 0 Å². The van der Waals surface area contributed by atoms with Gasteiger partial charge in [-0.15, -0.1) is 0 Å². The molecular formula is C16H19N5O. The summed E-state index contributed by atoms with van der Waals surface area (Å²) in [6, 6.07) is 5.79. The second-order valence-electron chi connectivity index (χ2n) is 5.33. The van der Waals surface area contributed by atoms with Crippen molar-refractivity contribution in [1.82, 2.24) is 14.8 Å². The van der Waals surface area contributed by atoms with Gasteiger partial charge in [-0.2, -0.15) is 10.4 Å². The fraction of sp³-hybridized carbons (Fsp3) is 0.438. The highest BCUT2D eigenvalue weighted by atomic mass is 16.5. The Morgan fingerprint density at radius 2 is 2.45 bits per heavy atom. The van der Waals surface area contributed by atoms with Gasteiger partial charge in [-0.3, -0.25) is 4.68 Å². The first-order chi connectivity index (χ1) is 10.8. The molecule has 6 heteroatoms. The van der Waals surface area contributed by atoms with E-state index in [1.165, 1.54) is 0 Å². The van der Waals surface area contributed by atoms with E-state index in [0.717, 1.165) is 31.6 Å². The summed E-state index contributed by atoms with van der Waals surface area (Å²) in [7, 11) is 0. The summed E-state index contributed by atoms with van der Waals surface area (Å²) < 4.78 is 7.85. The van der Waals surface area contributed by atoms with E-state index in [-0.39, 0.29) is 12.1 Å². The van der Waals surface area contributed by atoms with Crippen molar-refractivity contribution in [2.45, 2.75) is 38.5 Å². The molecule has 1 saturated heterocycles. The molecule has 0 aromatic carbocycles. The first kappa shape index (κ1) is 14.5. The molecule has 2 atom stereocenters. The van der Waals surface area contributed by atoms with Gasteiger partial charge >= 0.3 is 0 Å². The van der Waals surface area contributed by atoms with E-state index in [4.69, 9.17) is 4.74 Å². The minimum absolute atomic E-state index is 0.0670. The topological polar surface area (TPSA) is 75.8 Å². The molecular weight excluding hydrogens is 278 g/mol. The van der Waals surface area contributed by atoms with Crippen molar-refractivity contribution in [3.8, 4) is 6.07 Å². The van der Waals surface area contributed by atoms with Crippen molar-refractivity contribution in [2.24, 2.45) is 0 Å². The van der Waals surface area contributed by atoms with Crippen LogP contribution in [-0.4, -0.2) is 27.4 Å². The third-order valence-corrected chi connectivity index (χ3v) is 3.88. The first-order valence-corrected chi connectivity index (χ1v) is 7.57. The van der Waals surface area contributed by atoms with Gasteiger partial charge in [0.1, 0.15) is 18.0 Å². The number of nitrogens with one attached hydrogen (secondary N) is 1. The Bertz CT molecular complexity index is 675. The van der Waals surface area contributed by atoms with E-state index in [1.807, 2.05) is 17.1 Å². The highest BCUT2D eigenvalue weighted by molar-refractivity contribution is 5.52. The van der Waals surface area contributed by atoms with Gasteiger partial charge in [-0.1, -0.05) is 0 Å². The Labute approximate surface area is 129 Å². The summed E-state index contributed by atoms with van der Waals surface area (Å²) in [4.78, 5) is 4.28. The third-order valence-electron chi connectivity index (χ3n) is 3.88. The minimum Gasteiger partial charge on any atom is -0.371 e. The molecule has 1 N–H and O–H groups in total. The zero-order chi connectivity index (χ0) is 15.4. The highest BCUT2D eigenvalue weighted by Gasteiger charge is 2.29. The van der Waals surface area contributed by atoms with E-state index in [2.05, 4.69) is 28.4 Å². The van der Waals surface area contributed by atoms with Crippen LogP contribution in [0.4, 0.5) is 5.82 Å². The third kappa shape index (κ3) is 2.95. The number of ether oxygens (including phenoxy) is 1. The minimum atomic E-state index is -0.0670. The Balaban J connectivity index is 1.82. The fourth-order valence-electron chi connectivity index (χ4n) is 2.74. The van der Waals surface area contributed by atoms with Crippen molar-refractivity contribution >= 4 is 5.82 Å². The average Bonchev–Trinajstić information content (AvgIpc) is 3.05. The number of nitrogens with zero attached hydrogens (tertiary/aromatic N) is 4. The SMILES string of the molecule is CCn1cc([C@H]2OCCC[C@@H]2Nc2ncccc2C#N)cn1. The molecule has 0 radical (unpaired) electrons. The number of aryl methyl sites for hydroxylation is 1. The van der Waals surface area contributed by atoms with Crippen LogP contribution in [0, 0.1) is 11.3 Å². The maximum atomic E-state index is 9.19. The molecule has 1 aliphatic rings. The maximum absolute atomic E-state index is 9.19. The number of pyridine rings is 1. The molecule has 2 aromatic heterocycles. The molecule has 6 nitrogen and oxygen atoms in total. The number of rotatable bonds is 4. The van der Waals surface area contributed by atoms with Gasteiger partial charge < -0.3 is 10.1 Å². The fourth-order valence-corrected chi connectivity index (χ4v) is 2.74. The van der Waals surface area contributed by atoms with Crippen LogP contribution < -0.4 is 5.32 Å². The van der Waals surface area contributed by atoms with E-state index in [1.54, 1.807) is 18.3 Å². The van der Waals surface area contributed by atoms with Crippen LogP contribution in [-0.2, 0) is 11.3 Å². The lowest BCUT2D eigenvalue weighted by atomic mass is 9.98. The number of anilines is 1. The predicted octanol–water partition coefficient (Wildman–Crippen LogP) is 2.50. The van der Waals surface area contributed by atoms with Crippen LogP contribution in [0.2, 0.25) is 0 Å². The Hall–Kier alpha value is -2.39. The van der Waals surface area contributed by atoms with Gasteiger partial charge in [0, 0.05) is 31.1 Å². The summed E-state index contributed by atoms with van der Waals surface area (Å²) in [6.45, 7) is 3.64. The zero-order valence-corrected chi connectivity index (χ0v) is 12.6. The van der Waals surface area contributed by atoms with Crippen LogP contribution in [0.25, 0.3) is 0 Å². The van der Waals surface area contributed by atoms with Crippen molar-refractivity contribution < 1.29 is 4.74 Å². The molecule has 3 heterocycles. The van der Waals surface area contributed by atoms with Gasteiger partial charge in [0.25, 0.3) is 0 Å². The Morgan fingerprint density at radius 1 is 1.55 bits per heavy atom. The van der Waals surface area contributed by atoms with Crippen molar-refractivity contribution in [1.29, 1.82) is 5.26 Å². The lowest BCUT2D eigenvalue weighted by molar-refractivity contribution is 0.00550.